The lowest BCUT2D eigenvalue weighted by Crippen LogP contribution is -2.47. The van der Waals surface area contributed by atoms with Gasteiger partial charge in [-0.15, -0.1) is 11.3 Å². The first-order valence-corrected chi connectivity index (χ1v) is 8.05. The summed E-state index contributed by atoms with van der Waals surface area (Å²) in [5.74, 6) is -0.331. The summed E-state index contributed by atoms with van der Waals surface area (Å²) in [5, 5.41) is 13.6. The molecule has 1 saturated heterocycles. The van der Waals surface area contributed by atoms with Gasteiger partial charge >= 0.3 is 0 Å². The first-order valence-electron chi connectivity index (χ1n) is 7.17. The summed E-state index contributed by atoms with van der Waals surface area (Å²) in [4.78, 5) is 4.55. The largest absolute Gasteiger partial charge is 0.387 e. The van der Waals surface area contributed by atoms with E-state index in [1.165, 1.54) is 11.1 Å². The minimum Gasteiger partial charge on any atom is -0.387 e. The maximum absolute atomic E-state index is 13.7. The van der Waals surface area contributed by atoms with E-state index in [2.05, 4.69) is 27.3 Å². The van der Waals surface area contributed by atoms with E-state index in [4.69, 9.17) is 0 Å². The van der Waals surface area contributed by atoms with Crippen molar-refractivity contribution < 1.29 is 9.50 Å². The number of hydrogen-bond acceptors (Lipinski definition) is 4. The molecular formula is C16H19FN2OS. The van der Waals surface area contributed by atoms with Crippen LogP contribution in [0.5, 0.6) is 0 Å². The molecule has 21 heavy (non-hydrogen) atoms. The maximum Gasteiger partial charge on any atom is 0.129 e. The van der Waals surface area contributed by atoms with Gasteiger partial charge in [-0.3, -0.25) is 4.90 Å². The lowest BCUT2D eigenvalue weighted by atomic mass is 10.1. The van der Waals surface area contributed by atoms with Gasteiger partial charge in [0.15, 0.2) is 0 Å². The highest BCUT2D eigenvalue weighted by Gasteiger charge is 2.21. The van der Waals surface area contributed by atoms with Gasteiger partial charge in [-0.1, -0.05) is 18.2 Å². The van der Waals surface area contributed by atoms with Crippen LogP contribution < -0.4 is 4.90 Å². The highest BCUT2D eigenvalue weighted by molar-refractivity contribution is 7.14. The van der Waals surface area contributed by atoms with Crippen molar-refractivity contribution in [3.8, 4) is 0 Å². The van der Waals surface area contributed by atoms with Crippen LogP contribution in [0.25, 0.3) is 0 Å². The van der Waals surface area contributed by atoms with Crippen molar-refractivity contribution >= 4 is 16.3 Å². The fourth-order valence-corrected chi connectivity index (χ4v) is 3.47. The van der Waals surface area contributed by atoms with Crippen LogP contribution in [0.3, 0.4) is 0 Å². The van der Waals surface area contributed by atoms with Crippen LogP contribution >= 0.6 is 11.3 Å². The quantitative estimate of drug-likeness (QED) is 0.941. The second-order valence-corrected chi connectivity index (χ2v) is 6.20. The lowest BCUT2D eigenvalue weighted by molar-refractivity contribution is 0.107. The molecule has 0 spiro atoms. The van der Waals surface area contributed by atoms with Crippen molar-refractivity contribution in [3.63, 3.8) is 0 Å². The maximum atomic E-state index is 13.7. The third kappa shape index (κ3) is 3.43. The molecule has 2 aromatic rings. The molecular weight excluding hydrogens is 287 g/mol. The van der Waals surface area contributed by atoms with E-state index in [9.17, 15) is 9.50 Å². The zero-order chi connectivity index (χ0) is 14.7. The van der Waals surface area contributed by atoms with E-state index in [0.717, 1.165) is 26.2 Å². The second-order valence-electron chi connectivity index (χ2n) is 5.28. The van der Waals surface area contributed by atoms with E-state index < -0.39 is 6.10 Å². The fraction of sp³-hybridized carbons (Fsp3) is 0.375. The predicted octanol–water partition coefficient (Wildman–Crippen LogP) is 2.74. The molecule has 5 heteroatoms. The molecule has 1 unspecified atom stereocenters. The van der Waals surface area contributed by atoms with E-state index in [1.807, 2.05) is 0 Å². The topological polar surface area (TPSA) is 26.7 Å². The van der Waals surface area contributed by atoms with Crippen molar-refractivity contribution in [2.75, 3.05) is 37.6 Å². The molecule has 1 atom stereocenters. The molecule has 0 saturated carbocycles. The number of aliphatic hydroxyl groups excluding tert-OH is 1. The van der Waals surface area contributed by atoms with Crippen molar-refractivity contribution in [1.82, 2.24) is 4.90 Å². The van der Waals surface area contributed by atoms with E-state index in [1.54, 1.807) is 29.5 Å². The molecule has 3 nitrogen and oxygen atoms in total. The average Bonchev–Trinajstić information content (AvgIpc) is 3.02. The molecule has 112 valence electrons. The third-order valence-corrected chi connectivity index (χ3v) is 4.81. The smallest absolute Gasteiger partial charge is 0.129 e. The van der Waals surface area contributed by atoms with Gasteiger partial charge in [0.1, 0.15) is 5.82 Å². The molecule has 0 radical (unpaired) electrons. The summed E-state index contributed by atoms with van der Waals surface area (Å²) in [5.41, 5.74) is 0.387. The average molecular weight is 306 g/mol. The summed E-state index contributed by atoms with van der Waals surface area (Å²) in [7, 11) is 0. The Bertz CT molecular complexity index is 567. The number of aliphatic hydroxyl groups is 1. The van der Waals surface area contributed by atoms with E-state index in [-0.39, 0.29) is 5.82 Å². The number of halogens is 1. The van der Waals surface area contributed by atoms with Gasteiger partial charge in [-0.2, -0.15) is 0 Å². The zero-order valence-electron chi connectivity index (χ0n) is 11.8. The van der Waals surface area contributed by atoms with Gasteiger partial charge in [0, 0.05) is 38.3 Å². The van der Waals surface area contributed by atoms with Crippen LogP contribution in [0.15, 0.2) is 41.8 Å². The van der Waals surface area contributed by atoms with Crippen LogP contribution in [0, 0.1) is 5.82 Å². The second kappa shape index (κ2) is 6.56. The Morgan fingerprint density at radius 1 is 1.10 bits per heavy atom. The minimum atomic E-state index is -0.764. The summed E-state index contributed by atoms with van der Waals surface area (Å²) < 4.78 is 13.7. The van der Waals surface area contributed by atoms with E-state index in [0.29, 0.717) is 12.1 Å². The molecule has 1 fully saturated rings. The van der Waals surface area contributed by atoms with Crippen LogP contribution in [0.1, 0.15) is 11.7 Å². The number of nitrogens with zero attached hydrogens (tertiary/aromatic N) is 2. The highest BCUT2D eigenvalue weighted by Crippen LogP contribution is 2.23. The summed E-state index contributed by atoms with van der Waals surface area (Å²) >= 11 is 1.75. The Hall–Kier alpha value is -1.43. The molecule has 0 amide bonds. The van der Waals surface area contributed by atoms with Crippen molar-refractivity contribution in [1.29, 1.82) is 0 Å². The first-order chi connectivity index (χ1) is 10.2. The Kier molecular flexibility index (Phi) is 4.53. The molecule has 1 aliphatic heterocycles. The molecule has 1 aromatic carbocycles. The Morgan fingerprint density at radius 2 is 1.86 bits per heavy atom. The Labute approximate surface area is 128 Å². The third-order valence-electron chi connectivity index (χ3n) is 3.89. The number of thiophene rings is 1. The predicted molar refractivity (Wildman–Crippen MR) is 84.3 cm³/mol. The normalized spacial score (nSPS) is 17.9. The number of piperazine rings is 1. The SMILES string of the molecule is OC(CN1CCN(c2cccs2)CC1)c1ccccc1F. The molecule has 1 aliphatic rings. The lowest BCUT2D eigenvalue weighted by Gasteiger charge is -2.36. The van der Waals surface area contributed by atoms with Gasteiger partial charge in [-0.25, -0.2) is 4.39 Å². The number of benzene rings is 1. The van der Waals surface area contributed by atoms with Gasteiger partial charge < -0.3 is 10.0 Å². The fourth-order valence-electron chi connectivity index (χ4n) is 2.69. The van der Waals surface area contributed by atoms with Gasteiger partial charge in [0.2, 0.25) is 0 Å². The molecule has 1 aromatic heterocycles. The van der Waals surface area contributed by atoms with Crippen LogP contribution in [0.2, 0.25) is 0 Å². The minimum absolute atomic E-state index is 0.331. The molecule has 0 bridgehead atoms. The molecule has 1 N–H and O–H groups in total. The number of β-amino-alcohol motifs (C(OH)–C–C–N with tert-alkyl or cyclic N) is 1. The monoisotopic (exact) mass is 306 g/mol. The van der Waals surface area contributed by atoms with Crippen LogP contribution in [0.4, 0.5) is 9.39 Å². The Balaban J connectivity index is 1.55. The highest BCUT2D eigenvalue weighted by atomic mass is 32.1. The van der Waals surface area contributed by atoms with Gasteiger partial charge in [-0.05, 0) is 23.6 Å². The molecule has 2 heterocycles. The number of anilines is 1. The standard InChI is InChI=1S/C16H19FN2OS/c17-14-5-2-1-4-13(14)15(20)12-18-7-9-19(10-8-18)16-6-3-11-21-16/h1-6,11,15,20H,7-10,12H2. The number of hydrogen-bond donors (Lipinski definition) is 1. The number of rotatable bonds is 4. The van der Waals surface area contributed by atoms with Crippen molar-refractivity contribution in [2.24, 2.45) is 0 Å². The summed E-state index contributed by atoms with van der Waals surface area (Å²) in [6.07, 6.45) is -0.764. The zero-order valence-corrected chi connectivity index (χ0v) is 12.6. The van der Waals surface area contributed by atoms with Crippen LogP contribution in [-0.4, -0.2) is 42.7 Å². The first kappa shape index (κ1) is 14.5. The molecule has 0 aliphatic carbocycles. The van der Waals surface area contributed by atoms with Crippen molar-refractivity contribution in [2.45, 2.75) is 6.10 Å². The summed E-state index contributed by atoms with van der Waals surface area (Å²) in [6.45, 7) is 4.17. The Morgan fingerprint density at radius 3 is 2.52 bits per heavy atom. The van der Waals surface area contributed by atoms with Gasteiger partial charge in [0.05, 0.1) is 11.1 Å². The summed E-state index contributed by atoms with van der Waals surface area (Å²) in [6, 6.07) is 10.7. The van der Waals surface area contributed by atoms with Gasteiger partial charge in [0.25, 0.3) is 0 Å². The van der Waals surface area contributed by atoms with Crippen molar-refractivity contribution in [3.05, 3.63) is 53.2 Å². The molecule has 3 rings (SSSR count). The van der Waals surface area contributed by atoms with E-state index >= 15 is 0 Å². The van der Waals surface area contributed by atoms with Crippen LogP contribution in [-0.2, 0) is 0 Å².